The quantitative estimate of drug-likeness (QED) is 0.365. The second-order valence-electron chi connectivity index (χ2n) is 10.1. The molecule has 1 aliphatic rings. The van der Waals surface area contributed by atoms with Gasteiger partial charge in [-0.3, -0.25) is 14.5 Å². The molecular formula is C29H34N6O3. The first kappa shape index (κ1) is 25.7. The Bertz CT molecular complexity index is 1400. The van der Waals surface area contributed by atoms with Crippen LogP contribution in [0.4, 0.5) is 5.69 Å². The van der Waals surface area contributed by atoms with Crippen molar-refractivity contribution < 1.29 is 14.3 Å². The highest BCUT2D eigenvalue weighted by molar-refractivity contribution is 6.01. The molecular weight excluding hydrogens is 480 g/mol. The van der Waals surface area contributed by atoms with Crippen LogP contribution < -0.4 is 10.2 Å². The Morgan fingerprint density at radius 1 is 1.11 bits per heavy atom. The van der Waals surface area contributed by atoms with Gasteiger partial charge < -0.3 is 14.6 Å². The van der Waals surface area contributed by atoms with Crippen LogP contribution in [-0.2, 0) is 27.9 Å². The molecule has 9 nitrogen and oxygen atoms in total. The molecule has 1 saturated heterocycles. The van der Waals surface area contributed by atoms with Gasteiger partial charge in [-0.05, 0) is 60.7 Å². The Labute approximate surface area is 222 Å². The molecule has 2 atom stereocenters. The van der Waals surface area contributed by atoms with Gasteiger partial charge in [0.25, 0.3) is 0 Å². The van der Waals surface area contributed by atoms with Crippen LogP contribution in [0.25, 0.3) is 11.0 Å². The maximum atomic E-state index is 14.1. The van der Waals surface area contributed by atoms with E-state index in [1.165, 1.54) is 0 Å². The SMILES string of the molecule is CC(C)c1ccc(N(C(=O)Cn2nnc3ccccc32)C(C(=O)NCC2CCCO2)c2cccn2C)cc1. The van der Waals surface area contributed by atoms with E-state index >= 15 is 0 Å². The molecule has 2 aromatic carbocycles. The number of fused-ring (bicyclic) bond motifs is 1. The molecule has 2 amide bonds. The van der Waals surface area contributed by atoms with Crippen molar-refractivity contribution in [2.24, 2.45) is 7.05 Å². The summed E-state index contributed by atoms with van der Waals surface area (Å²) in [6.45, 7) is 5.30. The molecule has 3 heterocycles. The molecule has 198 valence electrons. The lowest BCUT2D eigenvalue weighted by Gasteiger charge is -2.32. The van der Waals surface area contributed by atoms with Crippen molar-refractivity contribution in [3.05, 3.63) is 78.1 Å². The number of nitrogens with one attached hydrogen (secondary N) is 1. The van der Waals surface area contributed by atoms with Crippen molar-refractivity contribution in [1.29, 1.82) is 0 Å². The number of hydrogen-bond donors (Lipinski definition) is 1. The van der Waals surface area contributed by atoms with Gasteiger partial charge in [0, 0.05) is 32.1 Å². The lowest BCUT2D eigenvalue weighted by atomic mass is 10.0. The van der Waals surface area contributed by atoms with Gasteiger partial charge in [0.2, 0.25) is 11.8 Å². The van der Waals surface area contributed by atoms with Crippen LogP contribution in [-0.4, -0.2) is 50.6 Å². The van der Waals surface area contributed by atoms with E-state index in [9.17, 15) is 9.59 Å². The highest BCUT2D eigenvalue weighted by atomic mass is 16.5. The zero-order chi connectivity index (χ0) is 26.6. The number of aryl methyl sites for hydroxylation is 1. The monoisotopic (exact) mass is 514 g/mol. The third kappa shape index (κ3) is 5.33. The highest BCUT2D eigenvalue weighted by Crippen LogP contribution is 2.30. The Morgan fingerprint density at radius 3 is 2.58 bits per heavy atom. The van der Waals surface area contributed by atoms with Crippen LogP contribution in [0.5, 0.6) is 0 Å². The third-order valence-corrected chi connectivity index (χ3v) is 7.11. The number of ether oxygens (including phenoxy) is 1. The molecule has 38 heavy (non-hydrogen) atoms. The van der Waals surface area contributed by atoms with E-state index in [0.717, 1.165) is 23.9 Å². The number of aromatic nitrogens is 4. The summed E-state index contributed by atoms with van der Waals surface area (Å²) in [6.07, 6.45) is 3.77. The summed E-state index contributed by atoms with van der Waals surface area (Å²) in [7, 11) is 1.88. The summed E-state index contributed by atoms with van der Waals surface area (Å²) < 4.78 is 9.18. The number of amides is 2. The van der Waals surface area contributed by atoms with Gasteiger partial charge in [-0.1, -0.05) is 43.3 Å². The number of rotatable bonds is 9. The van der Waals surface area contributed by atoms with E-state index in [1.54, 1.807) is 9.58 Å². The van der Waals surface area contributed by atoms with Crippen LogP contribution in [0.2, 0.25) is 0 Å². The van der Waals surface area contributed by atoms with Gasteiger partial charge >= 0.3 is 0 Å². The van der Waals surface area contributed by atoms with E-state index in [-0.39, 0.29) is 24.5 Å². The Balaban J connectivity index is 1.53. The molecule has 9 heteroatoms. The Kier molecular flexibility index (Phi) is 7.55. The molecule has 4 aromatic rings. The standard InChI is InChI=1S/C29H34N6O3/c1-20(2)21-12-14-22(15-13-21)35(27(36)19-34-25-10-5-4-9-24(25)31-32-34)28(26-11-6-16-33(26)3)29(37)30-18-23-8-7-17-38-23/h4-6,9-16,20,23,28H,7-8,17-19H2,1-3H3,(H,30,37). The topological polar surface area (TPSA) is 94.3 Å². The number of para-hydroxylation sites is 1. The first-order chi connectivity index (χ1) is 18.4. The van der Waals surface area contributed by atoms with Crippen LogP contribution in [0.1, 0.15) is 49.9 Å². The minimum absolute atomic E-state index is 0.0102. The van der Waals surface area contributed by atoms with Crippen molar-refractivity contribution in [2.75, 3.05) is 18.1 Å². The number of benzene rings is 2. The Hall–Kier alpha value is -3.98. The van der Waals surface area contributed by atoms with Gasteiger partial charge in [-0.15, -0.1) is 5.10 Å². The minimum atomic E-state index is -0.886. The average Bonchev–Trinajstić information content (AvgIpc) is 3.68. The third-order valence-electron chi connectivity index (χ3n) is 7.11. The summed E-state index contributed by atoms with van der Waals surface area (Å²) in [5.41, 5.74) is 3.97. The average molecular weight is 515 g/mol. The molecule has 0 bridgehead atoms. The van der Waals surface area contributed by atoms with Gasteiger partial charge in [0.1, 0.15) is 12.1 Å². The second kappa shape index (κ2) is 11.2. The summed E-state index contributed by atoms with van der Waals surface area (Å²) in [5.74, 6) is -0.184. The lowest BCUT2D eigenvalue weighted by molar-refractivity contribution is -0.127. The molecule has 5 rings (SSSR count). The highest BCUT2D eigenvalue weighted by Gasteiger charge is 2.35. The van der Waals surface area contributed by atoms with Crippen molar-refractivity contribution in [3.8, 4) is 0 Å². The van der Waals surface area contributed by atoms with Crippen LogP contribution >= 0.6 is 0 Å². The number of carbonyl (C=O) groups is 2. The predicted octanol–water partition coefficient (Wildman–Crippen LogP) is 3.96. The summed E-state index contributed by atoms with van der Waals surface area (Å²) in [6, 6.07) is 18.2. The number of anilines is 1. The minimum Gasteiger partial charge on any atom is -0.376 e. The Morgan fingerprint density at radius 2 is 1.89 bits per heavy atom. The lowest BCUT2D eigenvalue weighted by Crippen LogP contribution is -2.47. The van der Waals surface area contributed by atoms with Gasteiger partial charge in [-0.2, -0.15) is 0 Å². The van der Waals surface area contributed by atoms with E-state index in [0.29, 0.717) is 36.0 Å². The van der Waals surface area contributed by atoms with Crippen molar-refractivity contribution in [1.82, 2.24) is 24.9 Å². The van der Waals surface area contributed by atoms with Gasteiger partial charge in [0.15, 0.2) is 6.04 Å². The molecule has 2 aromatic heterocycles. The van der Waals surface area contributed by atoms with Crippen molar-refractivity contribution in [3.63, 3.8) is 0 Å². The maximum Gasteiger partial charge on any atom is 0.249 e. The fraction of sp³-hybridized carbons (Fsp3) is 0.379. The van der Waals surface area contributed by atoms with E-state index in [4.69, 9.17) is 4.74 Å². The molecule has 2 unspecified atom stereocenters. The van der Waals surface area contributed by atoms with Crippen LogP contribution in [0.3, 0.4) is 0 Å². The second-order valence-corrected chi connectivity index (χ2v) is 10.1. The van der Waals surface area contributed by atoms with Gasteiger partial charge in [-0.25, -0.2) is 4.68 Å². The summed E-state index contributed by atoms with van der Waals surface area (Å²) >= 11 is 0. The fourth-order valence-electron chi connectivity index (χ4n) is 4.95. The molecule has 1 fully saturated rings. The summed E-state index contributed by atoms with van der Waals surface area (Å²) in [5, 5.41) is 11.5. The molecule has 0 aliphatic carbocycles. The van der Waals surface area contributed by atoms with Crippen LogP contribution in [0.15, 0.2) is 66.9 Å². The largest absolute Gasteiger partial charge is 0.376 e. The number of nitrogens with zero attached hydrogens (tertiary/aromatic N) is 5. The summed E-state index contributed by atoms with van der Waals surface area (Å²) in [4.78, 5) is 29.5. The zero-order valence-corrected chi connectivity index (χ0v) is 22.1. The number of hydrogen-bond acceptors (Lipinski definition) is 5. The predicted molar refractivity (Wildman–Crippen MR) is 146 cm³/mol. The van der Waals surface area contributed by atoms with Crippen molar-refractivity contribution >= 4 is 28.5 Å². The fourth-order valence-corrected chi connectivity index (χ4v) is 4.95. The van der Waals surface area contributed by atoms with E-state index < -0.39 is 6.04 Å². The zero-order valence-electron chi connectivity index (χ0n) is 22.1. The number of carbonyl (C=O) groups excluding carboxylic acids is 2. The van der Waals surface area contributed by atoms with E-state index in [2.05, 4.69) is 29.5 Å². The van der Waals surface area contributed by atoms with Crippen LogP contribution in [0, 0.1) is 0 Å². The normalized spacial score (nSPS) is 16.2. The van der Waals surface area contributed by atoms with E-state index in [1.807, 2.05) is 78.5 Å². The maximum absolute atomic E-state index is 14.1. The first-order valence-electron chi connectivity index (χ1n) is 13.1. The molecule has 0 spiro atoms. The molecule has 1 aliphatic heterocycles. The van der Waals surface area contributed by atoms with Crippen molar-refractivity contribution in [2.45, 2.75) is 51.3 Å². The van der Waals surface area contributed by atoms with Gasteiger partial charge in [0.05, 0.1) is 17.3 Å². The molecule has 0 saturated carbocycles. The first-order valence-corrected chi connectivity index (χ1v) is 13.1. The molecule has 0 radical (unpaired) electrons. The smallest absolute Gasteiger partial charge is 0.249 e. The molecule has 1 N–H and O–H groups in total.